The fourth-order valence-electron chi connectivity index (χ4n) is 3.27. The molecule has 0 radical (unpaired) electrons. The molecule has 128 valence electrons. The molecule has 1 amide bonds. The van der Waals surface area contributed by atoms with Crippen molar-refractivity contribution in [3.63, 3.8) is 0 Å². The lowest BCUT2D eigenvalue weighted by molar-refractivity contribution is -0.116. The largest absolute Gasteiger partial charge is 0.308 e. The predicted octanol–water partition coefficient (Wildman–Crippen LogP) is 3.49. The van der Waals surface area contributed by atoms with Crippen LogP contribution in [0.3, 0.4) is 0 Å². The fourth-order valence-corrected chi connectivity index (χ4v) is 4.14. The minimum absolute atomic E-state index is 0.134. The minimum atomic E-state index is 0.134. The molecule has 6 heteroatoms. The van der Waals surface area contributed by atoms with Crippen LogP contribution in [0, 0.1) is 0 Å². The second-order valence-corrected chi connectivity index (χ2v) is 7.42. The fraction of sp³-hybridized carbons (Fsp3) is 0.500. The molecule has 0 spiro atoms. The smallest absolute Gasteiger partial charge is 0.237 e. The molecule has 0 bridgehead atoms. The summed E-state index contributed by atoms with van der Waals surface area (Å²) in [6, 6.07) is 8.38. The maximum Gasteiger partial charge on any atom is 0.237 e. The summed E-state index contributed by atoms with van der Waals surface area (Å²) in [7, 11) is 0. The molecule has 0 unspecified atom stereocenters. The Kier molecular flexibility index (Phi) is 4.94. The second kappa shape index (κ2) is 6.97. The molecule has 0 saturated heterocycles. The van der Waals surface area contributed by atoms with Gasteiger partial charge in [-0.3, -0.25) is 4.79 Å². The first-order valence-corrected chi connectivity index (χ1v) is 9.47. The summed E-state index contributed by atoms with van der Waals surface area (Å²) in [6.45, 7) is 9.23. The van der Waals surface area contributed by atoms with Crippen LogP contribution >= 0.6 is 11.8 Å². The summed E-state index contributed by atoms with van der Waals surface area (Å²) >= 11 is 1.48. The van der Waals surface area contributed by atoms with E-state index in [-0.39, 0.29) is 11.9 Å². The van der Waals surface area contributed by atoms with Crippen LogP contribution in [0.15, 0.2) is 29.4 Å². The average Bonchev–Trinajstić information content (AvgIpc) is 3.12. The standard InChI is InChI=1S/C18H24N4OS/c1-5-21-17(12(2)3)19-20-18(21)24-11-16(23)22-13(4)10-14-8-6-7-9-15(14)22/h6-9,12-13H,5,10-11H2,1-4H3/t13-/m1/s1. The van der Waals surface area contributed by atoms with Crippen LogP contribution in [-0.4, -0.2) is 32.5 Å². The molecule has 0 saturated carbocycles. The molecule has 1 aromatic carbocycles. The molecule has 24 heavy (non-hydrogen) atoms. The van der Waals surface area contributed by atoms with Crippen molar-refractivity contribution in [3.05, 3.63) is 35.7 Å². The molecule has 2 aromatic rings. The van der Waals surface area contributed by atoms with E-state index in [0.29, 0.717) is 11.7 Å². The highest BCUT2D eigenvalue weighted by Crippen LogP contribution is 2.32. The average molecular weight is 344 g/mol. The molecule has 1 aliphatic rings. The molecule has 2 heterocycles. The molecule has 0 N–H and O–H groups in total. The van der Waals surface area contributed by atoms with Gasteiger partial charge in [0.25, 0.3) is 0 Å². The molecule has 0 fully saturated rings. The Morgan fingerprint density at radius 3 is 2.79 bits per heavy atom. The van der Waals surface area contributed by atoms with Gasteiger partial charge >= 0.3 is 0 Å². The van der Waals surface area contributed by atoms with Gasteiger partial charge in [-0.25, -0.2) is 0 Å². The number of thioether (sulfide) groups is 1. The summed E-state index contributed by atoms with van der Waals surface area (Å²) in [5.74, 6) is 1.82. The van der Waals surface area contributed by atoms with Crippen molar-refractivity contribution in [3.8, 4) is 0 Å². The summed E-state index contributed by atoms with van der Waals surface area (Å²) in [5, 5.41) is 9.38. The first-order chi connectivity index (χ1) is 11.5. The number of carbonyl (C=O) groups is 1. The zero-order chi connectivity index (χ0) is 17.3. The molecular weight excluding hydrogens is 320 g/mol. The highest BCUT2D eigenvalue weighted by Gasteiger charge is 2.30. The second-order valence-electron chi connectivity index (χ2n) is 6.47. The van der Waals surface area contributed by atoms with Crippen molar-refractivity contribution < 1.29 is 4.79 Å². The number of benzene rings is 1. The van der Waals surface area contributed by atoms with Crippen molar-refractivity contribution in [1.82, 2.24) is 14.8 Å². The Morgan fingerprint density at radius 1 is 1.33 bits per heavy atom. The quantitative estimate of drug-likeness (QED) is 0.779. The van der Waals surface area contributed by atoms with E-state index in [4.69, 9.17) is 0 Å². The minimum Gasteiger partial charge on any atom is -0.308 e. The van der Waals surface area contributed by atoms with E-state index in [1.54, 1.807) is 0 Å². The van der Waals surface area contributed by atoms with E-state index >= 15 is 0 Å². The zero-order valence-electron chi connectivity index (χ0n) is 14.7. The number of amides is 1. The third kappa shape index (κ3) is 3.07. The molecule has 5 nitrogen and oxygen atoms in total. The number of fused-ring (bicyclic) bond motifs is 1. The molecule has 1 aliphatic heterocycles. The van der Waals surface area contributed by atoms with Crippen LogP contribution in [0.4, 0.5) is 5.69 Å². The van der Waals surface area contributed by atoms with Crippen LogP contribution in [0.2, 0.25) is 0 Å². The van der Waals surface area contributed by atoms with Crippen LogP contribution in [-0.2, 0) is 17.8 Å². The summed E-state index contributed by atoms with van der Waals surface area (Å²) in [4.78, 5) is 14.7. The number of nitrogens with zero attached hydrogens (tertiary/aromatic N) is 4. The molecule has 3 rings (SSSR count). The maximum atomic E-state index is 12.8. The number of hydrogen-bond acceptors (Lipinski definition) is 4. The first-order valence-electron chi connectivity index (χ1n) is 8.48. The van der Waals surface area contributed by atoms with Gasteiger partial charge < -0.3 is 9.47 Å². The van der Waals surface area contributed by atoms with Crippen molar-refractivity contribution in [2.24, 2.45) is 0 Å². The van der Waals surface area contributed by atoms with E-state index in [2.05, 4.69) is 48.5 Å². The lowest BCUT2D eigenvalue weighted by atomic mass is 10.1. The van der Waals surface area contributed by atoms with Gasteiger partial charge in [-0.15, -0.1) is 10.2 Å². The van der Waals surface area contributed by atoms with Gasteiger partial charge in [-0.05, 0) is 31.9 Å². The van der Waals surface area contributed by atoms with Gasteiger partial charge in [0, 0.05) is 24.2 Å². The van der Waals surface area contributed by atoms with Crippen molar-refractivity contribution >= 4 is 23.4 Å². The molecule has 0 aliphatic carbocycles. The zero-order valence-corrected chi connectivity index (χ0v) is 15.5. The van der Waals surface area contributed by atoms with Gasteiger partial charge in [0.2, 0.25) is 5.91 Å². The number of carbonyl (C=O) groups excluding carboxylic acids is 1. The lowest BCUT2D eigenvalue weighted by Crippen LogP contribution is -2.37. The third-order valence-corrected chi connectivity index (χ3v) is 5.33. The highest BCUT2D eigenvalue weighted by atomic mass is 32.2. The first kappa shape index (κ1) is 17.0. The van der Waals surface area contributed by atoms with Crippen molar-refractivity contribution in [2.75, 3.05) is 10.7 Å². The van der Waals surface area contributed by atoms with Crippen molar-refractivity contribution in [1.29, 1.82) is 0 Å². The topological polar surface area (TPSA) is 51.0 Å². The van der Waals surface area contributed by atoms with Crippen molar-refractivity contribution in [2.45, 2.75) is 57.8 Å². The lowest BCUT2D eigenvalue weighted by Gasteiger charge is -2.22. The Balaban J connectivity index is 1.73. The van der Waals surface area contributed by atoms with Gasteiger partial charge in [0.1, 0.15) is 5.82 Å². The molecule has 1 atom stereocenters. The normalized spacial score (nSPS) is 16.7. The van der Waals surface area contributed by atoms with Crippen LogP contribution in [0.1, 0.15) is 45.0 Å². The number of anilines is 1. The maximum absolute atomic E-state index is 12.8. The Bertz CT molecular complexity index is 740. The highest BCUT2D eigenvalue weighted by molar-refractivity contribution is 7.99. The van der Waals surface area contributed by atoms with E-state index in [1.807, 2.05) is 23.1 Å². The van der Waals surface area contributed by atoms with Gasteiger partial charge in [0.05, 0.1) is 5.75 Å². The van der Waals surface area contributed by atoms with E-state index in [9.17, 15) is 4.79 Å². The van der Waals surface area contributed by atoms with E-state index in [0.717, 1.165) is 29.6 Å². The Morgan fingerprint density at radius 2 is 2.08 bits per heavy atom. The predicted molar refractivity (Wildman–Crippen MR) is 97.6 cm³/mol. The summed E-state index contributed by atoms with van der Waals surface area (Å²) in [6.07, 6.45) is 0.926. The van der Waals surface area contributed by atoms with Gasteiger partial charge in [-0.2, -0.15) is 0 Å². The Hall–Kier alpha value is -1.82. The monoisotopic (exact) mass is 344 g/mol. The third-order valence-electron chi connectivity index (χ3n) is 4.38. The summed E-state index contributed by atoms with van der Waals surface area (Å²) < 4.78 is 2.10. The SMILES string of the molecule is CCn1c(SCC(=O)N2c3ccccc3C[C@H]2C)nnc1C(C)C. The number of rotatable bonds is 5. The van der Waals surface area contributed by atoms with Crippen LogP contribution in [0.5, 0.6) is 0 Å². The van der Waals surface area contributed by atoms with E-state index < -0.39 is 0 Å². The Labute approximate surface area is 147 Å². The number of aromatic nitrogens is 3. The van der Waals surface area contributed by atoms with Crippen LogP contribution in [0.25, 0.3) is 0 Å². The van der Waals surface area contributed by atoms with Crippen LogP contribution < -0.4 is 4.90 Å². The molecular formula is C18H24N4OS. The molecule has 1 aromatic heterocycles. The van der Waals surface area contributed by atoms with E-state index in [1.165, 1.54) is 17.3 Å². The summed E-state index contributed by atoms with van der Waals surface area (Å²) in [5.41, 5.74) is 2.30. The van der Waals surface area contributed by atoms with Gasteiger partial charge in [-0.1, -0.05) is 43.8 Å². The van der Waals surface area contributed by atoms with Gasteiger partial charge in [0.15, 0.2) is 5.16 Å². The number of para-hydroxylation sites is 1. The number of hydrogen-bond donors (Lipinski definition) is 0.